The summed E-state index contributed by atoms with van der Waals surface area (Å²) in [6.07, 6.45) is 0.377. The molecular weight excluding hydrogens is 415 g/mol. The number of rotatable bonds is 11. The average molecular weight is 453 g/mol. The van der Waals surface area contributed by atoms with Crippen molar-refractivity contribution in [1.29, 1.82) is 0 Å². The van der Waals surface area contributed by atoms with Crippen LogP contribution in [-0.4, -0.2) is 50.3 Å². The predicted octanol–water partition coefficient (Wildman–Crippen LogP) is 5.66. The van der Waals surface area contributed by atoms with Crippen molar-refractivity contribution < 1.29 is 23.1 Å². The van der Waals surface area contributed by atoms with Gasteiger partial charge in [-0.2, -0.15) is 0 Å². The van der Waals surface area contributed by atoms with Crippen LogP contribution in [-0.2, 0) is 23.1 Å². The molecule has 174 valence electrons. The fourth-order valence-corrected chi connectivity index (χ4v) is 5.76. The summed E-state index contributed by atoms with van der Waals surface area (Å²) in [5, 5.41) is 0. The first-order chi connectivity index (χ1) is 14.9. The highest BCUT2D eigenvalue weighted by atomic mass is 31.2. The molecule has 2 rings (SSSR count). The molecule has 1 aromatic carbocycles. The van der Waals surface area contributed by atoms with E-state index in [1.165, 1.54) is 0 Å². The van der Waals surface area contributed by atoms with E-state index in [1.54, 1.807) is 0 Å². The molecule has 1 aromatic rings. The Morgan fingerprint density at radius 3 is 1.97 bits per heavy atom. The minimum atomic E-state index is -3.45. The largest absolute Gasteiger partial charge is 0.480 e. The summed E-state index contributed by atoms with van der Waals surface area (Å²) in [4.78, 5) is 9.72. The topological polar surface area (TPSA) is 78.7 Å². The van der Waals surface area contributed by atoms with Crippen LogP contribution >= 0.6 is 7.60 Å². The number of ether oxygens (including phenoxy) is 2. The van der Waals surface area contributed by atoms with Crippen LogP contribution in [0.4, 0.5) is 0 Å². The predicted molar refractivity (Wildman–Crippen MR) is 125 cm³/mol. The van der Waals surface area contributed by atoms with Gasteiger partial charge in [-0.3, -0.25) is 4.57 Å². The van der Waals surface area contributed by atoms with Gasteiger partial charge in [-0.15, -0.1) is 0 Å². The highest BCUT2D eigenvalue weighted by Gasteiger charge is 2.41. The molecule has 0 unspecified atom stereocenters. The Hall–Kier alpha value is -1.69. The molecule has 0 N–H and O–H groups in total. The maximum atomic E-state index is 13.8. The van der Waals surface area contributed by atoms with Crippen LogP contribution in [0.1, 0.15) is 59.2 Å². The third kappa shape index (κ3) is 6.64. The van der Waals surface area contributed by atoms with Gasteiger partial charge in [-0.05, 0) is 45.6 Å². The van der Waals surface area contributed by atoms with Crippen LogP contribution in [0.5, 0.6) is 0 Å². The van der Waals surface area contributed by atoms with E-state index in [-0.39, 0.29) is 12.0 Å². The highest BCUT2D eigenvalue weighted by Crippen LogP contribution is 2.63. The third-order valence-corrected chi connectivity index (χ3v) is 7.44. The van der Waals surface area contributed by atoms with Crippen molar-refractivity contribution in [3.05, 3.63) is 35.9 Å². The first-order valence-electron chi connectivity index (χ1n) is 11.2. The Morgan fingerprint density at radius 2 is 1.45 bits per heavy atom. The van der Waals surface area contributed by atoms with Gasteiger partial charge >= 0.3 is 7.60 Å². The molecule has 1 aliphatic heterocycles. The van der Waals surface area contributed by atoms with Gasteiger partial charge in [0, 0.05) is 0 Å². The molecule has 8 heteroatoms. The van der Waals surface area contributed by atoms with Crippen molar-refractivity contribution in [3.63, 3.8) is 0 Å². The minimum Gasteiger partial charge on any atom is -0.480 e. The van der Waals surface area contributed by atoms with E-state index in [1.807, 2.05) is 58.0 Å². The smallest absolute Gasteiger partial charge is 0.338 e. The Kier molecular flexibility index (Phi) is 10.2. The zero-order valence-electron chi connectivity index (χ0n) is 19.6. The van der Waals surface area contributed by atoms with E-state index in [4.69, 9.17) is 28.5 Å². The second-order valence-corrected chi connectivity index (χ2v) is 9.76. The molecule has 0 amide bonds. The summed E-state index contributed by atoms with van der Waals surface area (Å²) >= 11 is 0. The molecule has 3 atom stereocenters. The van der Waals surface area contributed by atoms with E-state index in [9.17, 15) is 4.57 Å². The van der Waals surface area contributed by atoms with E-state index in [2.05, 4.69) is 13.8 Å². The van der Waals surface area contributed by atoms with E-state index < -0.39 is 19.3 Å². The lowest BCUT2D eigenvalue weighted by Gasteiger charge is -2.32. The standard InChI is InChI=1S/C23H37N2O5P/c1-7-27-22-19(24-23(28-8-2)21(25-22)17(5)6)16-20(18-14-12-11-13-15-18)31(26,29-9-3)30-10-4/h11-15,17,19-21H,7-10,16H2,1-6H3/t19-,20+,21+/m0/s1. The lowest BCUT2D eigenvalue weighted by atomic mass is 10.00. The van der Waals surface area contributed by atoms with Crippen molar-refractivity contribution in [2.75, 3.05) is 26.4 Å². The molecule has 1 heterocycles. The van der Waals surface area contributed by atoms with Gasteiger partial charge in [0.25, 0.3) is 0 Å². The first kappa shape index (κ1) is 25.6. The van der Waals surface area contributed by atoms with Crippen LogP contribution in [0.15, 0.2) is 40.3 Å². The van der Waals surface area contributed by atoms with Crippen LogP contribution in [0.2, 0.25) is 0 Å². The number of hydrogen-bond donors (Lipinski definition) is 0. The second kappa shape index (κ2) is 12.4. The Bertz CT molecular complexity index is 771. The molecule has 1 aliphatic rings. The van der Waals surface area contributed by atoms with Gasteiger partial charge < -0.3 is 18.5 Å². The van der Waals surface area contributed by atoms with Gasteiger partial charge in [-0.1, -0.05) is 44.2 Å². The molecule has 0 saturated heterocycles. The monoisotopic (exact) mass is 452 g/mol. The minimum absolute atomic E-state index is 0.196. The molecule has 0 aromatic heterocycles. The quantitative estimate of drug-likeness (QED) is 0.405. The SMILES string of the molecule is CCOC1=N[C@H](C(C)C)C(OCC)=N[C@H]1C[C@H](c1ccccc1)P(=O)(OCC)OCC. The molecular formula is C23H37N2O5P. The van der Waals surface area contributed by atoms with Gasteiger partial charge in [-0.25, -0.2) is 9.98 Å². The van der Waals surface area contributed by atoms with Gasteiger partial charge in [0.05, 0.1) is 32.1 Å². The fraction of sp³-hybridized carbons (Fsp3) is 0.652. The number of aliphatic imine (C=N–C) groups is 2. The summed E-state index contributed by atoms with van der Waals surface area (Å²) in [7, 11) is -3.45. The third-order valence-electron chi connectivity index (χ3n) is 4.93. The normalized spacial score (nSPS) is 20.2. The fourth-order valence-electron chi connectivity index (χ4n) is 3.61. The van der Waals surface area contributed by atoms with Crippen LogP contribution in [0, 0.1) is 5.92 Å². The average Bonchev–Trinajstić information content (AvgIpc) is 2.74. The Balaban J connectivity index is 2.49. The van der Waals surface area contributed by atoms with Crippen molar-refractivity contribution in [2.45, 2.75) is 65.7 Å². The molecule has 7 nitrogen and oxygen atoms in total. The summed E-state index contributed by atoms with van der Waals surface area (Å²) in [6, 6.07) is 9.03. The Labute approximate surface area is 186 Å². The van der Waals surface area contributed by atoms with Gasteiger partial charge in [0.2, 0.25) is 11.8 Å². The van der Waals surface area contributed by atoms with Crippen molar-refractivity contribution >= 4 is 19.4 Å². The van der Waals surface area contributed by atoms with Crippen molar-refractivity contribution in [3.8, 4) is 0 Å². The van der Waals surface area contributed by atoms with E-state index in [0.29, 0.717) is 44.6 Å². The van der Waals surface area contributed by atoms with Gasteiger partial charge in [0.15, 0.2) is 0 Å². The summed E-state index contributed by atoms with van der Waals surface area (Å²) in [5.74, 6) is 1.36. The zero-order chi connectivity index (χ0) is 22.9. The van der Waals surface area contributed by atoms with Crippen molar-refractivity contribution in [1.82, 2.24) is 0 Å². The highest BCUT2D eigenvalue weighted by molar-refractivity contribution is 7.54. The van der Waals surface area contributed by atoms with Crippen molar-refractivity contribution in [2.24, 2.45) is 15.9 Å². The maximum absolute atomic E-state index is 13.8. The summed E-state index contributed by atoms with van der Waals surface area (Å²) in [5.41, 5.74) is 0.370. The summed E-state index contributed by atoms with van der Waals surface area (Å²) < 4.78 is 37.0. The molecule has 0 spiro atoms. The van der Waals surface area contributed by atoms with Crippen LogP contribution in [0.3, 0.4) is 0 Å². The molecule has 0 bridgehead atoms. The molecule has 0 aliphatic carbocycles. The number of nitrogens with zero attached hydrogens (tertiary/aromatic N) is 2. The Morgan fingerprint density at radius 1 is 0.871 bits per heavy atom. The van der Waals surface area contributed by atoms with E-state index in [0.717, 1.165) is 5.56 Å². The molecule has 0 saturated carbocycles. The van der Waals surface area contributed by atoms with Gasteiger partial charge in [0.1, 0.15) is 12.1 Å². The first-order valence-corrected chi connectivity index (χ1v) is 12.9. The van der Waals surface area contributed by atoms with Crippen LogP contribution < -0.4 is 0 Å². The number of hydrogen-bond acceptors (Lipinski definition) is 7. The maximum Gasteiger partial charge on any atom is 0.338 e. The number of benzene rings is 1. The molecule has 31 heavy (non-hydrogen) atoms. The van der Waals surface area contributed by atoms with Crippen LogP contribution in [0.25, 0.3) is 0 Å². The molecule has 0 radical (unpaired) electrons. The molecule has 0 fully saturated rings. The van der Waals surface area contributed by atoms with E-state index >= 15 is 0 Å². The lowest BCUT2D eigenvalue weighted by Crippen LogP contribution is -2.39. The second-order valence-electron chi connectivity index (χ2n) is 7.54. The summed E-state index contributed by atoms with van der Waals surface area (Å²) in [6.45, 7) is 13.2. The zero-order valence-corrected chi connectivity index (χ0v) is 20.5. The lowest BCUT2D eigenvalue weighted by molar-refractivity contribution is 0.209.